The predicted molar refractivity (Wildman–Crippen MR) is 117 cm³/mol. The highest BCUT2D eigenvalue weighted by molar-refractivity contribution is 7.09. The van der Waals surface area contributed by atoms with Crippen LogP contribution in [-0.4, -0.2) is 24.1 Å². The number of thiophene rings is 1. The number of hydrogen-bond donors (Lipinski definition) is 2. The Morgan fingerprint density at radius 1 is 1.16 bits per heavy atom. The van der Waals surface area contributed by atoms with Crippen LogP contribution in [0.15, 0.2) is 51.3 Å². The van der Waals surface area contributed by atoms with E-state index in [1.165, 1.54) is 23.1 Å². The van der Waals surface area contributed by atoms with Gasteiger partial charge in [0.05, 0.1) is 11.3 Å². The third-order valence-electron chi connectivity index (χ3n) is 5.18. The van der Waals surface area contributed by atoms with Crippen LogP contribution in [0.3, 0.4) is 0 Å². The highest BCUT2D eigenvalue weighted by atomic mass is 32.1. The van der Waals surface area contributed by atoms with Crippen molar-refractivity contribution in [1.29, 1.82) is 0 Å². The average Bonchev–Trinajstić information content (AvgIpc) is 3.40. The van der Waals surface area contributed by atoms with E-state index in [1.807, 2.05) is 24.4 Å². The first-order chi connectivity index (χ1) is 15.0. The second kappa shape index (κ2) is 9.26. The van der Waals surface area contributed by atoms with Gasteiger partial charge >= 0.3 is 0 Å². The van der Waals surface area contributed by atoms with Crippen LogP contribution in [0.4, 0.5) is 4.39 Å². The minimum atomic E-state index is -0.620. The standard InChI is InChI=1S/C23H22FN3O3S/c1-14-20-18(26-27-22(28)16-7-2-3-8-17(16)24)9-4-10-19(20)30-21(14)23(29)25-12-11-15-6-5-13-31-15/h2-3,5-8,13H,4,9-12H2,1H3,(H,25,29)(H,27,28)/b26-18+. The molecular weight excluding hydrogens is 417 g/mol. The Labute approximate surface area is 183 Å². The Kier molecular flexibility index (Phi) is 6.27. The van der Waals surface area contributed by atoms with E-state index in [2.05, 4.69) is 15.8 Å². The summed E-state index contributed by atoms with van der Waals surface area (Å²) in [5, 5.41) is 9.14. The summed E-state index contributed by atoms with van der Waals surface area (Å²) < 4.78 is 19.7. The van der Waals surface area contributed by atoms with E-state index < -0.39 is 11.7 Å². The lowest BCUT2D eigenvalue weighted by Crippen LogP contribution is -2.26. The molecule has 0 atom stereocenters. The molecular formula is C23H22FN3O3S. The number of hydrogen-bond acceptors (Lipinski definition) is 5. The number of nitrogens with one attached hydrogen (secondary N) is 2. The number of carbonyl (C=O) groups excluding carboxylic acids is 2. The molecule has 2 amide bonds. The Balaban J connectivity index is 1.48. The van der Waals surface area contributed by atoms with Crippen molar-refractivity contribution in [2.45, 2.75) is 32.6 Å². The van der Waals surface area contributed by atoms with Crippen molar-refractivity contribution in [1.82, 2.24) is 10.7 Å². The summed E-state index contributed by atoms with van der Waals surface area (Å²) in [5.41, 5.74) is 4.44. The monoisotopic (exact) mass is 439 g/mol. The average molecular weight is 440 g/mol. The van der Waals surface area contributed by atoms with Gasteiger partial charge in [-0.15, -0.1) is 11.3 Å². The number of halogens is 1. The minimum Gasteiger partial charge on any atom is -0.455 e. The maximum absolute atomic E-state index is 13.8. The normalized spacial score (nSPS) is 14.3. The van der Waals surface area contributed by atoms with Crippen LogP contribution in [-0.2, 0) is 12.8 Å². The number of furan rings is 1. The van der Waals surface area contributed by atoms with Gasteiger partial charge in [-0.05, 0) is 49.8 Å². The third kappa shape index (κ3) is 4.59. The van der Waals surface area contributed by atoms with Gasteiger partial charge in [-0.1, -0.05) is 18.2 Å². The molecule has 0 spiro atoms. The fourth-order valence-electron chi connectivity index (χ4n) is 3.65. The number of aryl methyl sites for hydroxylation is 1. The topological polar surface area (TPSA) is 83.7 Å². The van der Waals surface area contributed by atoms with Crippen molar-refractivity contribution >= 4 is 28.9 Å². The van der Waals surface area contributed by atoms with E-state index in [-0.39, 0.29) is 17.2 Å². The highest BCUT2D eigenvalue weighted by Crippen LogP contribution is 2.30. The van der Waals surface area contributed by atoms with E-state index in [1.54, 1.807) is 17.4 Å². The van der Waals surface area contributed by atoms with Gasteiger partial charge < -0.3 is 9.73 Å². The molecule has 0 fully saturated rings. The summed E-state index contributed by atoms with van der Waals surface area (Å²) in [6.07, 6.45) is 2.87. The van der Waals surface area contributed by atoms with Crippen LogP contribution in [0.1, 0.15) is 55.5 Å². The number of rotatable bonds is 6. The summed E-state index contributed by atoms with van der Waals surface area (Å²) in [4.78, 5) is 26.1. The molecule has 8 heteroatoms. The summed E-state index contributed by atoms with van der Waals surface area (Å²) in [5.74, 6) is -0.536. The highest BCUT2D eigenvalue weighted by Gasteiger charge is 2.28. The van der Waals surface area contributed by atoms with Gasteiger partial charge in [-0.3, -0.25) is 9.59 Å². The molecule has 2 heterocycles. The second-order valence-electron chi connectivity index (χ2n) is 7.27. The fraction of sp³-hybridized carbons (Fsp3) is 0.261. The maximum Gasteiger partial charge on any atom is 0.287 e. The van der Waals surface area contributed by atoms with Crippen molar-refractivity contribution < 1.29 is 18.4 Å². The Morgan fingerprint density at radius 3 is 2.77 bits per heavy atom. The molecule has 4 rings (SSSR count). The lowest BCUT2D eigenvalue weighted by Gasteiger charge is -2.13. The zero-order valence-corrected chi connectivity index (χ0v) is 17.9. The van der Waals surface area contributed by atoms with Crippen LogP contribution in [0, 0.1) is 12.7 Å². The molecule has 0 saturated heterocycles. The van der Waals surface area contributed by atoms with Gasteiger partial charge in [0, 0.05) is 29.0 Å². The molecule has 0 bridgehead atoms. The zero-order chi connectivity index (χ0) is 21.8. The number of nitrogens with zero attached hydrogens (tertiary/aromatic N) is 1. The summed E-state index contributed by atoms with van der Waals surface area (Å²) in [7, 11) is 0. The molecule has 160 valence electrons. The Bertz CT molecular complexity index is 1140. The first-order valence-electron chi connectivity index (χ1n) is 10.1. The smallest absolute Gasteiger partial charge is 0.287 e. The minimum absolute atomic E-state index is 0.0717. The quantitative estimate of drug-likeness (QED) is 0.564. The van der Waals surface area contributed by atoms with E-state index in [0.29, 0.717) is 36.4 Å². The number of benzene rings is 1. The SMILES string of the molecule is Cc1c(C(=O)NCCc2cccs2)oc2c1/C(=N/NC(=O)c1ccccc1F)CCC2. The van der Waals surface area contributed by atoms with E-state index >= 15 is 0 Å². The van der Waals surface area contributed by atoms with Crippen LogP contribution in [0.2, 0.25) is 0 Å². The molecule has 6 nitrogen and oxygen atoms in total. The molecule has 0 unspecified atom stereocenters. The molecule has 2 N–H and O–H groups in total. The molecule has 31 heavy (non-hydrogen) atoms. The van der Waals surface area contributed by atoms with Crippen LogP contribution < -0.4 is 10.7 Å². The Hall–Kier alpha value is -3.26. The van der Waals surface area contributed by atoms with Crippen LogP contribution in [0.5, 0.6) is 0 Å². The molecule has 1 aliphatic rings. The van der Waals surface area contributed by atoms with Crippen molar-refractivity contribution in [2.75, 3.05) is 6.54 Å². The fourth-order valence-corrected chi connectivity index (χ4v) is 4.36. The summed E-state index contributed by atoms with van der Waals surface area (Å²) >= 11 is 1.65. The third-order valence-corrected chi connectivity index (χ3v) is 6.12. The molecule has 3 aromatic rings. The van der Waals surface area contributed by atoms with E-state index in [9.17, 15) is 14.0 Å². The van der Waals surface area contributed by atoms with Gasteiger partial charge in [0.25, 0.3) is 11.8 Å². The van der Waals surface area contributed by atoms with Crippen molar-refractivity contribution in [3.8, 4) is 0 Å². The maximum atomic E-state index is 13.8. The van der Waals surface area contributed by atoms with Gasteiger partial charge in [0.2, 0.25) is 0 Å². The van der Waals surface area contributed by atoms with E-state index in [0.717, 1.165) is 18.4 Å². The number of amides is 2. The van der Waals surface area contributed by atoms with Crippen LogP contribution >= 0.6 is 11.3 Å². The summed E-state index contributed by atoms with van der Waals surface area (Å²) in [6, 6.07) is 9.76. The molecule has 1 aromatic carbocycles. The first kappa shape index (κ1) is 21.0. The largest absolute Gasteiger partial charge is 0.455 e. The van der Waals surface area contributed by atoms with Gasteiger partial charge in [-0.2, -0.15) is 5.10 Å². The number of hydrazone groups is 1. The van der Waals surface area contributed by atoms with Gasteiger partial charge in [0.15, 0.2) is 5.76 Å². The first-order valence-corrected chi connectivity index (χ1v) is 11.0. The molecule has 0 aliphatic heterocycles. The van der Waals surface area contributed by atoms with Gasteiger partial charge in [0.1, 0.15) is 11.6 Å². The zero-order valence-electron chi connectivity index (χ0n) is 17.0. The van der Waals surface area contributed by atoms with Crippen molar-refractivity contribution in [2.24, 2.45) is 5.10 Å². The second-order valence-corrected chi connectivity index (χ2v) is 8.30. The van der Waals surface area contributed by atoms with Crippen molar-refractivity contribution in [3.05, 3.63) is 80.7 Å². The number of carbonyl (C=O) groups is 2. The predicted octanol–water partition coefficient (Wildman–Crippen LogP) is 4.23. The molecule has 0 radical (unpaired) electrons. The van der Waals surface area contributed by atoms with E-state index in [4.69, 9.17) is 4.42 Å². The summed E-state index contributed by atoms with van der Waals surface area (Å²) in [6.45, 7) is 2.33. The Morgan fingerprint density at radius 2 is 2.00 bits per heavy atom. The molecule has 0 saturated carbocycles. The number of fused-ring (bicyclic) bond motifs is 1. The lowest BCUT2D eigenvalue weighted by molar-refractivity contribution is 0.0922. The van der Waals surface area contributed by atoms with Crippen molar-refractivity contribution in [3.63, 3.8) is 0 Å². The molecule has 1 aliphatic carbocycles. The van der Waals surface area contributed by atoms with Gasteiger partial charge in [-0.25, -0.2) is 9.82 Å². The van der Waals surface area contributed by atoms with Crippen LogP contribution in [0.25, 0.3) is 0 Å². The molecule has 2 aromatic heterocycles. The lowest BCUT2D eigenvalue weighted by atomic mass is 9.93.